The summed E-state index contributed by atoms with van der Waals surface area (Å²) in [6.07, 6.45) is 0.167. The van der Waals surface area contributed by atoms with E-state index in [0.29, 0.717) is 26.2 Å². The van der Waals surface area contributed by atoms with Gasteiger partial charge >= 0.3 is 11.8 Å². The highest BCUT2D eigenvalue weighted by Crippen LogP contribution is 2.13. The lowest BCUT2D eigenvalue weighted by Crippen LogP contribution is -2.53. The predicted octanol–water partition coefficient (Wildman–Crippen LogP) is -1.31. The number of hydrogen-bond acceptors (Lipinski definition) is 3. The Labute approximate surface area is 76.2 Å². The molecule has 0 aromatic heterocycles. The fourth-order valence-corrected chi connectivity index (χ4v) is 1.37. The quantitative estimate of drug-likeness (QED) is 0.395. The van der Waals surface area contributed by atoms with E-state index in [1.807, 2.05) is 0 Å². The van der Waals surface area contributed by atoms with Crippen molar-refractivity contribution in [3.63, 3.8) is 0 Å². The standard InChI is InChI=1S/C8H12N2O3/c1-9-2-3-10(4-6-5-13-6)8(12)7(9)11/h6H,2-5H2,1H3. The van der Waals surface area contributed by atoms with E-state index in [4.69, 9.17) is 4.74 Å². The normalized spacial score (nSPS) is 28.2. The topological polar surface area (TPSA) is 53.1 Å². The van der Waals surface area contributed by atoms with E-state index in [0.717, 1.165) is 0 Å². The number of likely N-dealkylation sites (N-methyl/N-ethyl adjacent to an activating group) is 1. The summed E-state index contributed by atoms with van der Waals surface area (Å²) in [6.45, 7) is 2.53. The van der Waals surface area contributed by atoms with Crippen LogP contribution in [0.4, 0.5) is 0 Å². The molecule has 0 aromatic rings. The van der Waals surface area contributed by atoms with E-state index in [2.05, 4.69) is 0 Å². The van der Waals surface area contributed by atoms with Crippen LogP contribution in [0.1, 0.15) is 0 Å². The molecule has 0 aliphatic carbocycles. The van der Waals surface area contributed by atoms with Crippen LogP contribution in [0.3, 0.4) is 0 Å². The summed E-state index contributed by atoms with van der Waals surface area (Å²) in [6, 6.07) is 0. The van der Waals surface area contributed by atoms with E-state index in [9.17, 15) is 9.59 Å². The minimum Gasteiger partial charge on any atom is -0.371 e. The second kappa shape index (κ2) is 2.99. The van der Waals surface area contributed by atoms with Gasteiger partial charge in [0.2, 0.25) is 0 Å². The molecule has 2 aliphatic rings. The Hall–Kier alpha value is -1.10. The van der Waals surface area contributed by atoms with Crippen LogP contribution in [0.15, 0.2) is 0 Å². The maximum atomic E-state index is 11.4. The van der Waals surface area contributed by atoms with Crippen molar-refractivity contribution in [3.8, 4) is 0 Å². The van der Waals surface area contributed by atoms with Gasteiger partial charge in [0.15, 0.2) is 0 Å². The zero-order chi connectivity index (χ0) is 9.42. The lowest BCUT2D eigenvalue weighted by Gasteiger charge is -2.30. The molecule has 13 heavy (non-hydrogen) atoms. The third-order valence-electron chi connectivity index (χ3n) is 2.35. The molecule has 5 heteroatoms. The first-order chi connectivity index (χ1) is 6.18. The fraction of sp³-hybridized carbons (Fsp3) is 0.750. The Morgan fingerprint density at radius 1 is 1.38 bits per heavy atom. The van der Waals surface area contributed by atoms with Gasteiger partial charge in [0.25, 0.3) is 0 Å². The molecule has 1 unspecified atom stereocenters. The smallest absolute Gasteiger partial charge is 0.312 e. The summed E-state index contributed by atoms with van der Waals surface area (Å²) < 4.78 is 5.00. The number of hydrogen-bond donors (Lipinski definition) is 0. The van der Waals surface area contributed by atoms with E-state index in [1.54, 1.807) is 11.9 Å². The molecule has 2 rings (SSSR count). The van der Waals surface area contributed by atoms with Crippen molar-refractivity contribution < 1.29 is 14.3 Å². The first-order valence-electron chi connectivity index (χ1n) is 4.34. The van der Waals surface area contributed by atoms with Gasteiger partial charge in [-0.15, -0.1) is 0 Å². The number of carbonyl (C=O) groups is 2. The molecule has 0 bridgehead atoms. The summed E-state index contributed by atoms with van der Waals surface area (Å²) in [5, 5.41) is 0. The van der Waals surface area contributed by atoms with Gasteiger partial charge in [-0.05, 0) is 0 Å². The minimum absolute atomic E-state index is 0.167. The first-order valence-corrected chi connectivity index (χ1v) is 4.34. The number of rotatable bonds is 2. The van der Waals surface area contributed by atoms with Gasteiger partial charge in [0.1, 0.15) is 0 Å². The van der Waals surface area contributed by atoms with Crippen molar-refractivity contribution in [3.05, 3.63) is 0 Å². The summed E-state index contributed by atoms with van der Waals surface area (Å²) in [5.41, 5.74) is 0. The number of epoxide rings is 1. The van der Waals surface area contributed by atoms with Gasteiger partial charge in [0, 0.05) is 26.7 Å². The van der Waals surface area contributed by atoms with Gasteiger partial charge < -0.3 is 14.5 Å². The molecule has 5 nitrogen and oxygen atoms in total. The molecule has 0 radical (unpaired) electrons. The van der Waals surface area contributed by atoms with Gasteiger partial charge in [-0.3, -0.25) is 9.59 Å². The summed E-state index contributed by atoms with van der Waals surface area (Å²) >= 11 is 0. The van der Waals surface area contributed by atoms with Crippen LogP contribution >= 0.6 is 0 Å². The number of ether oxygens (including phenoxy) is 1. The van der Waals surface area contributed by atoms with Crippen molar-refractivity contribution in [2.24, 2.45) is 0 Å². The maximum Gasteiger partial charge on any atom is 0.312 e. The minimum atomic E-state index is -0.410. The van der Waals surface area contributed by atoms with Crippen molar-refractivity contribution in [1.29, 1.82) is 0 Å². The van der Waals surface area contributed by atoms with Gasteiger partial charge in [-0.2, -0.15) is 0 Å². The lowest BCUT2D eigenvalue weighted by atomic mass is 10.3. The predicted molar refractivity (Wildman–Crippen MR) is 44.0 cm³/mol. The van der Waals surface area contributed by atoms with Crippen molar-refractivity contribution in [1.82, 2.24) is 9.80 Å². The lowest BCUT2D eigenvalue weighted by molar-refractivity contribution is -0.155. The average molecular weight is 184 g/mol. The Morgan fingerprint density at radius 2 is 2.08 bits per heavy atom. The van der Waals surface area contributed by atoms with Gasteiger partial charge in [-0.1, -0.05) is 0 Å². The zero-order valence-electron chi connectivity index (χ0n) is 7.52. The highest BCUT2D eigenvalue weighted by molar-refractivity contribution is 6.35. The monoisotopic (exact) mass is 184 g/mol. The zero-order valence-corrected chi connectivity index (χ0v) is 7.52. The average Bonchev–Trinajstić information content (AvgIpc) is 2.90. The Kier molecular flexibility index (Phi) is 1.95. The summed E-state index contributed by atoms with van der Waals surface area (Å²) in [7, 11) is 1.64. The van der Waals surface area contributed by atoms with Crippen molar-refractivity contribution in [2.75, 3.05) is 33.3 Å². The van der Waals surface area contributed by atoms with Crippen molar-refractivity contribution in [2.45, 2.75) is 6.10 Å². The molecule has 0 aromatic carbocycles. The second-order valence-corrected chi connectivity index (χ2v) is 3.43. The second-order valence-electron chi connectivity index (χ2n) is 3.43. The molecule has 0 N–H and O–H groups in total. The molecule has 1 atom stereocenters. The SMILES string of the molecule is CN1CCN(CC2CO2)C(=O)C1=O. The molecule has 0 saturated carbocycles. The Bertz CT molecular complexity index is 250. The third kappa shape index (κ3) is 1.65. The molecule has 2 amide bonds. The highest BCUT2D eigenvalue weighted by Gasteiger charge is 2.34. The van der Waals surface area contributed by atoms with Crippen LogP contribution < -0.4 is 0 Å². The number of carbonyl (C=O) groups excluding carboxylic acids is 2. The third-order valence-corrected chi connectivity index (χ3v) is 2.35. The van der Waals surface area contributed by atoms with E-state index in [-0.39, 0.29) is 6.10 Å². The molecule has 72 valence electrons. The maximum absolute atomic E-state index is 11.4. The van der Waals surface area contributed by atoms with Crippen LogP contribution in [0.2, 0.25) is 0 Å². The van der Waals surface area contributed by atoms with Crippen LogP contribution in [-0.2, 0) is 14.3 Å². The summed E-state index contributed by atoms with van der Waals surface area (Å²) in [5.74, 6) is -0.809. The molecule has 2 saturated heterocycles. The number of piperazine rings is 1. The fourth-order valence-electron chi connectivity index (χ4n) is 1.37. The molecular weight excluding hydrogens is 172 g/mol. The Morgan fingerprint density at radius 3 is 2.69 bits per heavy atom. The van der Waals surface area contributed by atoms with Crippen LogP contribution in [-0.4, -0.2) is 61.0 Å². The van der Waals surface area contributed by atoms with Gasteiger partial charge in [-0.25, -0.2) is 0 Å². The molecule has 2 aliphatic heterocycles. The van der Waals surface area contributed by atoms with Crippen LogP contribution in [0.5, 0.6) is 0 Å². The number of nitrogens with zero attached hydrogens (tertiary/aromatic N) is 2. The van der Waals surface area contributed by atoms with E-state index >= 15 is 0 Å². The largest absolute Gasteiger partial charge is 0.371 e. The molecule has 2 fully saturated rings. The number of amides is 2. The summed E-state index contributed by atoms with van der Waals surface area (Å²) in [4.78, 5) is 25.6. The van der Waals surface area contributed by atoms with Crippen molar-refractivity contribution >= 4 is 11.8 Å². The molecule has 0 spiro atoms. The van der Waals surface area contributed by atoms with E-state index < -0.39 is 11.8 Å². The van der Waals surface area contributed by atoms with Gasteiger partial charge in [0.05, 0.1) is 12.7 Å². The van der Waals surface area contributed by atoms with E-state index in [1.165, 1.54) is 4.90 Å². The molecular formula is C8H12N2O3. The Balaban J connectivity index is 1.96. The molecule has 2 heterocycles. The van der Waals surface area contributed by atoms with Crippen LogP contribution in [0.25, 0.3) is 0 Å². The highest BCUT2D eigenvalue weighted by atomic mass is 16.6. The van der Waals surface area contributed by atoms with Crippen LogP contribution in [0, 0.1) is 0 Å². The first kappa shape index (κ1) is 8.50.